The van der Waals surface area contributed by atoms with Crippen molar-refractivity contribution in [3.05, 3.63) is 42.5 Å². The summed E-state index contributed by atoms with van der Waals surface area (Å²) >= 11 is 0. The van der Waals surface area contributed by atoms with E-state index in [4.69, 9.17) is 4.74 Å². The number of nitrogens with zero attached hydrogens (tertiary/aromatic N) is 4. The van der Waals surface area contributed by atoms with Crippen molar-refractivity contribution in [3.63, 3.8) is 0 Å². The molecule has 0 fully saturated rings. The molecule has 7 heteroatoms. The third-order valence-corrected chi connectivity index (χ3v) is 2.98. The number of aromatic nitrogens is 4. The second-order valence-electron chi connectivity index (χ2n) is 4.78. The van der Waals surface area contributed by atoms with Crippen LogP contribution in [0.2, 0.25) is 0 Å². The van der Waals surface area contributed by atoms with Gasteiger partial charge in [0.15, 0.2) is 0 Å². The van der Waals surface area contributed by atoms with Crippen LogP contribution >= 0.6 is 0 Å². The first-order valence-corrected chi connectivity index (χ1v) is 7.09. The predicted molar refractivity (Wildman–Crippen MR) is 82.8 cm³/mol. The molecule has 0 spiro atoms. The van der Waals surface area contributed by atoms with Crippen LogP contribution in [0.25, 0.3) is 0 Å². The maximum Gasteiger partial charge on any atom is 0.270 e. The number of rotatable bonds is 7. The van der Waals surface area contributed by atoms with Gasteiger partial charge in [0.1, 0.15) is 5.75 Å². The molecule has 1 aromatic carbocycles. The molecule has 0 aliphatic heterocycles. The maximum absolute atomic E-state index is 12.2. The number of anilines is 1. The van der Waals surface area contributed by atoms with Gasteiger partial charge in [-0.05, 0) is 36.8 Å². The Morgan fingerprint density at radius 2 is 2.36 bits per heavy atom. The Morgan fingerprint density at radius 3 is 3.09 bits per heavy atom. The van der Waals surface area contributed by atoms with Gasteiger partial charge >= 0.3 is 0 Å². The van der Waals surface area contributed by atoms with Gasteiger partial charge in [-0.25, -0.2) is 0 Å². The van der Waals surface area contributed by atoms with Crippen LogP contribution in [0.1, 0.15) is 30.6 Å². The summed E-state index contributed by atoms with van der Waals surface area (Å²) in [5.74, 6) is 0.498. The average Bonchev–Trinajstić information content (AvgIpc) is 2.95. The molecular weight excluding hydrogens is 282 g/mol. The van der Waals surface area contributed by atoms with E-state index in [9.17, 15) is 4.79 Å². The zero-order chi connectivity index (χ0) is 15.9. The Morgan fingerprint density at radius 1 is 1.55 bits per heavy atom. The molecule has 0 saturated carbocycles. The Labute approximate surface area is 129 Å². The van der Waals surface area contributed by atoms with Crippen LogP contribution in [0, 0.1) is 0 Å². The smallest absolute Gasteiger partial charge is 0.270 e. The van der Waals surface area contributed by atoms with Gasteiger partial charge in [-0.3, -0.25) is 10.1 Å². The molecule has 2 aromatic rings. The van der Waals surface area contributed by atoms with Crippen molar-refractivity contribution in [3.8, 4) is 5.75 Å². The van der Waals surface area contributed by atoms with Gasteiger partial charge in [0.2, 0.25) is 0 Å². The average molecular weight is 301 g/mol. The molecule has 1 aromatic heterocycles. The van der Waals surface area contributed by atoms with E-state index in [1.54, 1.807) is 24.3 Å². The van der Waals surface area contributed by atoms with Crippen molar-refractivity contribution in [1.82, 2.24) is 20.2 Å². The number of carbonyl (C=O) groups excluding carboxylic acids is 1. The molecule has 0 bridgehead atoms. The first-order chi connectivity index (χ1) is 10.6. The highest BCUT2D eigenvalue weighted by Crippen LogP contribution is 2.16. The minimum absolute atomic E-state index is 0.0961. The van der Waals surface area contributed by atoms with E-state index in [0.29, 0.717) is 17.9 Å². The number of tetrazole rings is 1. The summed E-state index contributed by atoms with van der Waals surface area (Å²) in [6.45, 7) is 8.04. The molecular formula is C15H19N5O2. The highest BCUT2D eigenvalue weighted by Gasteiger charge is 2.11. The van der Waals surface area contributed by atoms with Gasteiger partial charge in [-0.15, -0.1) is 11.7 Å². The maximum atomic E-state index is 12.2. The normalized spacial score (nSPS) is 11.7. The zero-order valence-corrected chi connectivity index (χ0v) is 12.7. The summed E-state index contributed by atoms with van der Waals surface area (Å²) in [5.41, 5.74) is 0.473. The predicted octanol–water partition coefficient (Wildman–Crippen LogP) is 2.29. The lowest BCUT2D eigenvalue weighted by Gasteiger charge is -2.13. The van der Waals surface area contributed by atoms with Crippen LogP contribution in [0.15, 0.2) is 36.9 Å². The fraction of sp³-hybridized carbons (Fsp3) is 0.333. The number of benzene rings is 1. The van der Waals surface area contributed by atoms with Crippen LogP contribution in [0.4, 0.5) is 5.95 Å². The fourth-order valence-corrected chi connectivity index (χ4v) is 1.69. The van der Waals surface area contributed by atoms with E-state index in [2.05, 4.69) is 27.3 Å². The van der Waals surface area contributed by atoms with Crippen molar-refractivity contribution in [2.45, 2.75) is 32.9 Å². The first kappa shape index (κ1) is 15.7. The second-order valence-corrected chi connectivity index (χ2v) is 4.78. The largest absolute Gasteiger partial charge is 0.491 e. The number of allylic oxidation sites excluding steroid dienone is 1. The van der Waals surface area contributed by atoms with Crippen molar-refractivity contribution in [1.29, 1.82) is 0 Å². The van der Waals surface area contributed by atoms with E-state index in [1.807, 2.05) is 19.9 Å². The Hall–Kier alpha value is -2.70. The molecule has 22 heavy (non-hydrogen) atoms. The van der Waals surface area contributed by atoms with Crippen LogP contribution in [-0.2, 0) is 6.54 Å². The van der Waals surface area contributed by atoms with Crippen LogP contribution in [0.3, 0.4) is 0 Å². The third-order valence-electron chi connectivity index (χ3n) is 2.98. The Balaban J connectivity index is 2.05. The lowest BCUT2D eigenvalue weighted by molar-refractivity contribution is 0.102. The van der Waals surface area contributed by atoms with E-state index in [1.165, 1.54) is 4.80 Å². The van der Waals surface area contributed by atoms with E-state index >= 15 is 0 Å². The van der Waals surface area contributed by atoms with Gasteiger partial charge in [0.25, 0.3) is 11.9 Å². The Bertz CT molecular complexity index is 653. The minimum Gasteiger partial charge on any atom is -0.491 e. The minimum atomic E-state index is -0.312. The Kier molecular flexibility index (Phi) is 5.24. The molecule has 7 nitrogen and oxygen atoms in total. The number of nitrogens with one attached hydrogen (secondary N) is 1. The van der Waals surface area contributed by atoms with Crippen LogP contribution < -0.4 is 10.1 Å². The number of amides is 1. The standard InChI is InChI=1S/C15H19N5O2/c1-4-9-20-18-15(17-19-20)16-14(21)12-7-6-8-13(10-12)22-11(3)5-2/h4,6-8,10-11H,1,5,9H2,2-3H3,(H,16,18,21). The first-order valence-electron chi connectivity index (χ1n) is 7.09. The number of hydrogen-bond acceptors (Lipinski definition) is 5. The van der Waals surface area contributed by atoms with E-state index in [0.717, 1.165) is 6.42 Å². The van der Waals surface area contributed by atoms with Crippen LogP contribution in [-0.4, -0.2) is 32.2 Å². The van der Waals surface area contributed by atoms with E-state index in [-0.39, 0.29) is 18.0 Å². The lowest BCUT2D eigenvalue weighted by Crippen LogP contribution is -2.14. The van der Waals surface area contributed by atoms with Gasteiger partial charge in [-0.1, -0.05) is 24.2 Å². The molecule has 1 N–H and O–H groups in total. The summed E-state index contributed by atoms with van der Waals surface area (Å²) in [6, 6.07) is 6.98. The second kappa shape index (κ2) is 7.35. The number of hydrogen-bond donors (Lipinski definition) is 1. The molecule has 0 aliphatic carbocycles. The highest BCUT2D eigenvalue weighted by atomic mass is 16.5. The monoisotopic (exact) mass is 301 g/mol. The number of carbonyl (C=O) groups is 1. The summed E-state index contributed by atoms with van der Waals surface area (Å²) in [4.78, 5) is 13.5. The summed E-state index contributed by atoms with van der Waals surface area (Å²) < 4.78 is 5.70. The molecule has 0 aliphatic rings. The third kappa shape index (κ3) is 4.15. The number of ether oxygens (including phenoxy) is 1. The molecule has 1 atom stereocenters. The lowest BCUT2D eigenvalue weighted by atomic mass is 10.2. The van der Waals surface area contributed by atoms with Crippen molar-refractivity contribution in [2.75, 3.05) is 5.32 Å². The molecule has 1 heterocycles. The molecule has 1 amide bonds. The van der Waals surface area contributed by atoms with Crippen molar-refractivity contribution in [2.24, 2.45) is 0 Å². The quantitative estimate of drug-likeness (QED) is 0.793. The molecule has 0 saturated heterocycles. The van der Waals surface area contributed by atoms with Crippen molar-refractivity contribution < 1.29 is 9.53 Å². The molecule has 116 valence electrons. The molecule has 2 rings (SSSR count). The molecule has 1 unspecified atom stereocenters. The zero-order valence-electron chi connectivity index (χ0n) is 12.7. The molecule has 0 radical (unpaired) electrons. The fourth-order valence-electron chi connectivity index (χ4n) is 1.69. The van der Waals surface area contributed by atoms with E-state index < -0.39 is 0 Å². The van der Waals surface area contributed by atoms with Crippen molar-refractivity contribution >= 4 is 11.9 Å². The van der Waals surface area contributed by atoms with Gasteiger partial charge in [0.05, 0.1) is 12.6 Å². The van der Waals surface area contributed by atoms with Gasteiger partial charge in [-0.2, -0.15) is 4.80 Å². The highest BCUT2D eigenvalue weighted by molar-refractivity contribution is 6.03. The summed E-state index contributed by atoms with van der Waals surface area (Å²) in [5, 5.41) is 14.1. The topological polar surface area (TPSA) is 81.9 Å². The van der Waals surface area contributed by atoms with Crippen LogP contribution in [0.5, 0.6) is 5.75 Å². The van der Waals surface area contributed by atoms with Gasteiger partial charge in [0, 0.05) is 5.56 Å². The summed E-state index contributed by atoms with van der Waals surface area (Å²) in [7, 11) is 0. The SMILES string of the molecule is C=CCn1nnc(NC(=O)c2cccc(OC(C)CC)c2)n1. The summed E-state index contributed by atoms with van der Waals surface area (Å²) in [6.07, 6.45) is 2.63. The van der Waals surface area contributed by atoms with Gasteiger partial charge < -0.3 is 4.74 Å².